The van der Waals surface area contributed by atoms with E-state index in [-0.39, 0.29) is 18.1 Å². The van der Waals surface area contributed by atoms with Gasteiger partial charge in [-0.05, 0) is 62.2 Å². The number of furan rings is 1. The maximum absolute atomic E-state index is 13.8. The molecular weight excluding hydrogens is 568 g/mol. The summed E-state index contributed by atoms with van der Waals surface area (Å²) in [6.07, 6.45) is 3.44. The molecule has 0 saturated carbocycles. The lowest BCUT2D eigenvalue weighted by Crippen LogP contribution is -2.39. The third kappa shape index (κ3) is 6.24. The fourth-order valence-corrected chi connectivity index (χ4v) is 5.80. The summed E-state index contributed by atoms with van der Waals surface area (Å²) in [7, 11) is 1.58. The van der Waals surface area contributed by atoms with Crippen LogP contribution < -0.4 is 19.6 Å². The molecule has 43 heavy (non-hydrogen) atoms. The van der Waals surface area contributed by atoms with E-state index in [4.69, 9.17) is 18.6 Å². The Morgan fingerprint density at radius 2 is 1.74 bits per heavy atom. The van der Waals surface area contributed by atoms with Gasteiger partial charge in [-0.25, -0.2) is 14.6 Å². The average Bonchev–Trinajstić information content (AvgIpc) is 3.60. The number of rotatable bonds is 10. The predicted octanol–water partition coefficient (Wildman–Crippen LogP) is 5.02. The van der Waals surface area contributed by atoms with Crippen molar-refractivity contribution in [2.24, 2.45) is 4.99 Å². The van der Waals surface area contributed by atoms with Crippen LogP contribution in [-0.2, 0) is 14.3 Å². The van der Waals surface area contributed by atoms with Crippen molar-refractivity contribution in [3.05, 3.63) is 109 Å². The van der Waals surface area contributed by atoms with Gasteiger partial charge >= 0.3 is 11.9 Å². The summed E-state index contributed by atoms with van der Waals surface area (Å²) in [5.74, 6) is 0.844. The van der Waals surface area contributed by atoms with Crippen LogP contribution in [0.25, 0.3) is 17.4 Å². The number of unbranched alkanes of at least 4 members (excludes halogenated alkanes) is 1. The minimum absolute atomic E-state index is 0.196. The highest BCUT2D eigenvalue weighted by atomic mass is 32.1. The first-order valence-electron chi connectivity index (χ1n) is 14.1. The molecule has 1 aliphatic heterocycles. The zero-order valence-corrected chi connectivity index (χ0v) is 25.2. The van der Waals surface area contributed by atoms with Crippen LogP contribution in [0.1, 0.15) is 61.3 Å². The highest BCUT2D eigenvalue weighted by Gasteiger charge is 2.33. The third-order valence-electron chi connectivity index (χ3n) is 6.98. The molecule has 9 nitrogen and oxygen atoms in total. The van der Waals surface area contributed by atoms with Crippen molar-refractivity contribution in [3.8, 4) is 17.1 Å². The normalized spacial score (nSPS) is 14.7. The zero-order valence-electron chi connectivity index (χ0n) is 24.4. The number of hydrogen-bond acceptors (Lipinski definition) is 9. The standard InChI is InChI=1S/C33H32N2O7S/c1-5-7-18-41-31(37)23-10-8-21(9-11-23)26-17-16-25(42-26)19-27-30(36)35-29(22-12-14-24(39-4)15-13-22)28(32(38)40-6-2)20(3)34-33(35)43-27/h8-17,19,29H,5-7,18H2,1-4H3/b27-19-/t29-/m0/s1. The minimum Gasteiger partial charge on any atom is -0.497 e. The van der Waals surface area contributed by atoms with Crippen LogP contribution in [-0.4, -0.2) is 36.8 Å². The number of fused-ring (bicyclic) bond motifs is 1. The SMILES string of the molecule is CCCCOC(=O)c1ccc(-c2ccc(/C=c3\sc4n(c3=O)[C@@H](c3ccc(OC)cc3)C(C(=O)OCC)=C(C)N=4)o2)cc1. The van der Waals surface area contributed by atoms with E-state index in [0.717, 1.165) is 24.0 Å². The van der Waals surface area contributed by atoms with Crippen LogP contribution >= 0.6 is 11.3 Å². The van der Waals surface area contributed by atoms with Crippen molar-refractivity contribution < 1.29 is 28.2 Å². The first-order valence-corrected chi connectivity index (χ1v) is 14.9. The van der Waals surface area contributed by atoms with Gasteiger partial charge in [-0.2, -0.15) is 0 Å². The van der Waals surface area contributed by atoms with Crippen LogP contribution in [0.4, 0.5) is 0 Å². The predicted molar refractivity (Wildman–Crippen MR) is 163 cm³/mol. The van der Waals surface area contributed by atoms with Gasteiger partial charge in [0, 0.05) is 11.6 Å². The summed E-state index contributed by atoms with van der Waals surface area (Å²) in [5, 5.41) is 0. The Morgan fingerprint density at radius 3 is 2.42 bits per heavy atom. The third-order valence-corrected chi connectivity index (χ3v) is 7.97. The van der Waals surface area contributed by atoms with Gasteiger partial charge in [-0.15, -0.1) is 0 Å². The monoisotopic (exact) mass is 600 g/mol. The van der Waals surface area contributed by atoms with E-state index in [0.29, 0.717) is 50.0 Å². The van der Waals surface area contributed by atoms with Crippen molar-refractivity contribution in [1.29, 1.82) is 0 Å². The van der Waals surface area contributed by atoms with Gasteiger partial charge in [0.05, 0.1) is 47.7 Å². The van der Waals surface area contributed by atoms with Crippen molar-refractivity contribution >= 4 is 29.4 Å². The number of methoxy groups -OCH3 is 1. The van der Waals surface area contributed by atoms with Crippen LogP contribution in [0.15, 0.2) is 86.1 Å². The Labute approximate surface area is 252 Å². The molecule has 0 unspecified atom stereocenters. The molecule has 222 valence electrons. The number of hydrogen-bond donors (Lipinski definition) is 0. The van der Waals surface area contributed by atoms with E-state index in [9.17, 15) is 14.4 Å². The molecule has 3 heterocycles. The molecule has 0 amide bonds. The van der Waals surface area contributed by atoms with Crippen molar-refractivity contribution in [2.75, 3.05) is 20.3 Å². The molecule has 0 aliphatic carbocycles. The maximum atomic E-state index is 13.8. The highest BCUT2D eigenvalue weighted by Crippen LogP contribution is 2.31. The van der Waals surface area contributed by atoms with Crippen molar-refractivity contribution in [1.82, 2.24) is 4.57 Å². The molecule has 0 saturated heterocycles. The van der Waals surface area contributed by atoms with E-state index < -0.39 is 12.0 Å². The summed E-state index contributed by atoms with van der Waals surface area (Å²) in [6, 6.07) is 17.1. The first-order chi connectivity index (χ1) is 20.8. The lowest BCUT2D eigenvalue weighted by Gasteiger charge is -2.24. The summed E-state index contributed by atoms with van der Waals surface area (Å²) in [6.45, 7) is 6.11. The smallest absolute Gasteiger partial charge is 0.338 e. The van der Waals surface area contributed by atoms with Crippen LogP contribution in [0.3, 0.4) is 0 Å². The summed E-state index contributed by atoms with van der Waals surface area (Å²) >= 11 is 1.22. The van der Waals surface area contributed by atoms with Gasteiger partial charge in [0.25, 0.3) is 5.56 Å². The Kier molecular flexibility index (Phi) is 9.06. The topological polar surface area (TPSA) is 109 Å². The van der Waals surface area contributed by atoms with E-state index in [2.05, 4.69) is 4.99 Å². The number of nitrogens with zero attached hydrogens (tertiary/aromatic N) is 2. The minimum atomic E-state index is -0.720. The molecule has 0 spiro atoms. The number of ether oxygens (including phenoxy) is 3. The number of esters is 2. The Bertz CT molecular complexity index is 1840. The van der Waals surface area contributed by atoms with Gasteiger partial charge in [-0.3, -0.25) is 9.36 Å². The Hall–Kier alpha value is -4.70. The second kappa shape index (κ2) is 13.1. The molecule has 5 rings (SSSR count). The largest absolute Gasteiger partial charge is 0.497 e. The Morgan fingerprint density at radius 1 is 1.00 bits per heavy atom. The molecule has 0 radical (unpaired) electrons. The zero-order chi connectivity index (χ0) is 30.5. The lowest BCUT2D eigenvalue weighted by molar-refractivity contribution is -0.139. The van der Waals surface area contributed by atoms with Gasteiger partial charge in [0.2, 0.25) is 0 Å². The lowest BCUT2D eigenvalue weighted by atomic mass is 9.96. The molecule has 0 bridgehead atoms. The van der Waals surface area contributed by atoms with Crippen LogP contribution in [0.2, 0.25) is 0 Å². The van der Waals surface area contributed by atoms with Crippen LogP contribution in [0.5, 0.6) is 5.75 Å². The molecule has 2 aromatic carbocycles. The highest BCUT2D eigenvalue weighted by molar-refractivity contribution is 7.07. The fraction of sp³-hybridized carbons (Fsp3) is 0.273. The number of aromatic nitrogens is 1. The number of allylic oxidation sites excluding steroid dienone is 1. The van der Waals surface area contributed by atoms with E-state index in [1.54, 1.807) is 75.6 Å². The summed E-state index contributed by atoms with van der Waals surface area (Å²) < 4.78 is 23.9. The van der Waals surface area contributed by atoms with Crippen molar-refractivity contribution in [2.45, 2.75) is 39.7 Å². The Balaban J connectivity index is 1.49. The molecule has 4 aromatic rings. The van der Waals surface area contributed by atoms with E-state index >= 15 is 0 Å². The maximum Gasteiger partial charge on any atom is 0.338 e. The van der Waals surface area contributed by atoms with Crippen molar-refractivity contribution in [3.63, 3.8) is 0 Å². The molecule has 0 fully saturated rings. The summed E-state index contributed by atoms with van der Waals surface area (Å²) in [4.78, 5) is 44.2. The van der Waals surface area contributed by atoms with Gasteiger partial charge in [0.1, 0.15) is 17.3 Å². The first kappa shape index (κ1) is 29.8. The van der Waals surface area contributed by atoms with Gasteiger partial charge in [0.15, 0.2) is 4.80 Å². The molecule has 1 aliphatic rings. The number of benzene rings is 2. The van der Waals surface area contributed by atoms with Gasteiger partial charge < -0.3 is 18.6 Å². The van der Waals surface area contributed by atoms with E-state index in [1.807, 2.05) is 19.1 Å². The molecule has 2 aromatic heterocycles. The quantitative estimate of drug-likeness (QED) is 0.186. The number of carbonyl (C=O) groups is 2. The number of carbonyl (C=O) groups excluding carboxylic acids is 2. The fourth-order valence-electron chi connectivity index (χ4n) is 4.77. The van der Waals surface area contributed by atoms with Gasteiger partial charge in [-0.1, -0.05) is 48.9 Å². The summed E-state index contributed by atoms with van der Waals surface area (Å²) in [5.41, 5.74) is 2.47. The molecular formula is C33H32N2O7S. The molecule has 1 atom stereocenters. The second-order valence-corrected chi connectivity index (χ2v) is 10.9. The van der Waals surface area contributed by atoms with Crippen LogP contribution in [0, 0.1) is 0 Å². The number of thiazole rings is 1. The molecule has 10 heteroatoms. The average molecular weight is 601 g/mol. The van der Waals surface area contributed by atoms with E-state index in [1.165, 1.54) is 15.9 Å². The second-order valence-electron chi connectivity index (χ2n) is 9.84. The molecule has 0 N–H and O–H groups in total.